The van der Waals surface area contributed by atoms with Gasteiger partial charge in [-0.2, -0.15) is 0 Å². The van der Waals surface area contributed by atoms with E-state index in [0.717, 1.165) is 38.5 Å². The Morgan fingerprint density at radius 3 is 1.65 bits per heavy atom. The highest BCUT2D eigenvalue weighted by atomic mass is 15.1. The van der Waals surface area contributed by atoms with Gasteiger partial charge >= 0.3 is 0 Å². The van der Waals surface area contributed by atoms with Crippen LogP contribution in [-0.4, -0.2) is 15.8 Å². The van der Waals surface area contributed by atoms with Crippen molar-refractivity contribution in [1.82, 2.24) is 9.13 Å². The zero-order valence-electron chi connectivity index (χ0n) is 45.1. The molecule has 364 valence electrons. The molecule has 0 amide bonds. The van der Waals surface area contributed by atoms with E-state index in [0.29, 0.717) is 0 Å². The lowest BCUT2D eigenvalue weighted by Crippen LogP contribution is -2.61. The van der Waals surface area contributed by atoms with E-state index >= 15 is 0 Å². The summed E-state index contributed by atoms with van der Waals surface area (Å²) in [5.74, 6) is 0. The van der Waals surface area contributed by atoms with Crippen LogP contribution in [0.25, 0.3) is 77.6 Å². The van der Waals surface area contributed by atoms with Gasteiger partial charge in [-0.3, -0.25) is 0 Å². The van der Waals surface area contributed by atoms with Crippen molar-refractivity contribution in [3.05, 3.63) is 196 Å². The first-order valence-corrected chi connectivity index (χ1v) is 28.2. The molecule has 0 N–H and O–H groups in total. The summed E-state index contributed by atoms with van der Waals surface area (Å²) in [6.07, 6.45) is 6.62. The fourth-order valence-corrected chi connectivity index (χ4v) is 16.0. The van der Waals surface area contributed by atoms with Crippen molar-refractivity contribution in [1.29, 1.82) is 0 Å². The van der Waals surface area contributed by atoms with E-state index in [1.54, 1.807) is 5.56 Å². The Morgan fingerprint density at radius 2 is 1.03 bits per heavy atom. The fourth-order valence-electron chi connectivity index (χ4n) is 16.0. The Labute approximate surface area is 438 Å². The molecular weight excluding hydrogens is 892 g/mol. The first kappa shape index (κ1) is 44.6. The number of hydrogen-bond acceptors (Lipinski definition) is 0. The van der Waals surface area contributed by atoms with Crippen LogP contribution >= 0.6 is 0 Å². The first-order valence-electron chi connectivity index (χ1n) is 28.2. The Morgan fingerprint density at radius 1 is 0.486 bits per heavy atom. The molecule has 15 rings (SSSR count). The summed E-state index contributed by atoms with van der Waals surface area (Å²) >= 11 is 0. The highest BCUT2D eigenvalue weighted by Crippen LogP contribution is 2.63. The molecule has 0 atom stereocenters. The van der Waals surface area contributed by atoms with Crippen LogP contribution in [0.1, 0.15) is 152 Å². The number of aromatic nitrogens is 2. The van der Waals surface area contributed by atoms with E-state index in [1.807, 2.05) is 0 Å². The third-order valence-electron chi connectivity index (χ3n) is 21.0. The molecule has 0 saturated heterocycles. The van der Waals surface area contributed by atoms with Crippen LogP contribution < -0.4 is 16.4 Å². The molecule has 5 heterocycles. The van der Waals surface area contributed by atoms with E-state index in [9.17, 15) is 0 Å². The highest BCUT2D eigenvalue weighted by Gasteiger charge is 2.56. The van der Waals surface area contributed by atoms with Crippen molar-refractivity contribution < 1.29 is 0 Å². The van der Waals surface area contributed by atoms with E-state index in [-0.39, 0.29) is 28.4 Å². The summed E-state index contributed by atoms with van der Waals surface area (Å²) in [5, 5.41) is 4.29. The van der Waals surface area contributed by atoms with Gasteiger partial charge in [-0.25, -0.2) is 0 Å². The molecule has 5 aliphatic rings. The summed E-state index contributed by atoms with van der Waals surface area (Å²) in [7, 11) is 0. The van der Waals surface area contributed by atoms with E-state index in [2.05, 4.69) is 230 Å². The minimum Gasteiger partial charge on any atom is -0.310 e. The summed E-state index contributed by atoms with van der Waals surface area (Å²) in [4.78, 5) is 0. The average molecular weight is 959 g/mol. The van der Waals surface area contributed by atoms with Crippen LogP contribution in [0.2, 0.25) is 0 Å². The van der Waals surface area contributed by atoms with Crippen molar-refractivity contribution in [2.75, 3.05) is 0 Å². The van der Waals surface area contributed by atoms with E-state index < -0.39 is 5.41 Å². The van der Waals surface area contributed by atoms with Crippen LogP contribution in [0.4, 0.5) is 0 Å². The standard InChI is InChI=1S/C71H67BN2/c1-11-69(9,12-2)44-37-48-49-38-45(70(10,13-3)14-4)40-55-64(49)74-63(48)54(39-44)71(50-31-23-21-29-46(50)47-30-22-24-32-51(47)71)52-33-34-57-61(65(52)74)72(55)56-41-53-60(68(7,8)36-35-67(53,5)6)59-58(42-25-17-15-18-26-42)62(73(57)66(56)59)43-27-19-16-20-28-43/h15-34,37-41H,11-14,35-36H2,1-10H3. The Hall–Kier alpha value is -6.84. The van der Waals surface area contributed by atoms with Gasteiger partial charge in [-0.05, 0) is 162 Å². The summed E-state index contributed by atoms with van der Waals surface area (Å²) < 4.78 is 5.63. The molecular formula is C71H67BN2. The zero-order valence-corrected chi connectivity index (χ0v) is 45.1. The molecule has 2 aromatic heterocycles. The largest absolute Gasteiger partial charge is 0.310 e. The topological polar surface area (TPSA) is 9.86 Å². The maximum Gasteiger partial charge on any atom is 0.252 e. The van der Waals surface area contributed by atoms with Gasteiger partial charge in [-0.15, -0.1) is 0 Å². The normalized spacial score (nSPS) is 16.6. The van der Waals surface area contributed by atoms with Crippen molar-refractivity contribution in [3.8, 4) is 44.9 Å². The fraction of sp³-hybridized carbons (Fsp3) is 0.296. The highest BCUT2D eigenvalue weighted by molar-refractivity contribution is 7.00. The summed E-state index contributed by atoms with van der Waals surface area (Å²) in [6, 6.07) is 60.5. The second-order valence-electron chi connectivity index (χ2n) is 25.1. The quantitative estimate of drug-likeness (QED) is 0.134. The van der Waals surface area contributed by atoms with Gasteiger partial charge in [0.05, 0.1) is 16.6 Å². The number of benzene rings is 8. The lowest BCUT2D eigenvalue weighted by atomic mass is 9.33. The average Bonchev–Trinajstić information content (AvgIpc) is 4.25. The van der Waals surface area contributed by atoms with Crippen molar-refractivity contribution >= 4 is 55.8 Å². The molecule has 3 aliphatic heterocycles. The SMILES string of the molecule is CCC(C)(CC)c1cc2c3c(c1)c1cc(C(C)(CC)CC)cc4c1n3-c1c(ccc3c1B2c1cc2c(c5c(-c6ccccc6)c(-c6ccccc6)n-3c15)C(C)(C)CCC2(C)C)C41c2ccccc2-c2ccccc21. The van der Waals surface area contributed by atoms with Crippen molar-refractivity contribution in [3.63, 3.8) is 0 Å². The van der Waals surface area contributed by atoms with Gasteiger partial charge in [0.1, 0.15) is 0 Å². The molecule has 2 nitrogen and oxygen atoms in total. The Bertz CT molecular complexity index is 4050. The summed E-state index contributed by atoms with van der Waals surface area (Å²) in [5.41, 5.74) is 30.3. The minimum atomic E-state index is -0.545. The third-order valence-corrected chi connectivity index (χ3v) is 21.0. The predicted octanol–water partition coefficient (Wildman–Crippen LogP) is 16.4. The van der Waals surface area contributed by atoms with Crippen molar-refractivity contribution in [2.24, 2.45) is 0 Å². The van der Waals surface area contributed by atoms with E-state index in [4.69, 9.17) is 0 Å². The van der Waals surface area contributed by atoms with Crippen LogP contribution in [-0.2, 0) is 27.1 Å². The molecule has 0 saturated carbocycles. The molecule has 10 aromatic rings. The van der Waals surface area contributed by atoms with Gasteiger partial charge < -0.3 is 9.13 Å². The van der Waals surface area contributed by atoms with Gasteiger partial charge in [0, 0.05) is 44.1 Å². The van der Waals surface area contributed by atoms with Crippen molar-refractivity contribution in [2.45, 2.75) is 135 Å². The second-order valence-corrected chi connectivity index (χ2v) is 25.1. The first-order chi connectivity index (χ1) is 35.8. The molecule has 2 aliphatic carbocycles. The molecule has 74 heavy (non-hydrogen) atoms. The number of nitrogens with zero attached hydrogens (tertiary/aromatic N) is 2. The molecule has 3 heteroatoms. The molecule has 0 unspecified atom stereocenters. The smallest absolute Gasteiger partial charge is 0.252 e. The van der Waals surface area contributed by atoms with E-state index in [1.165, 1.54) is 133 Å². The van der Waals surface area contributed by atoms with Gasteiger partial charge in [-0.1, -0.05) is 203 Å². The van der Waals surface area contributed by atoms with Crippen LogP contribution in [0, 0.1) is 0 Å². The second kappa shape index (κ2) is 14.7. The molecule has 1 spiro atoms. The number of fused-ring (bicyclic) bond motifs is 13. The Kier molecular flexibility index (Phi) is 8.88. The van der Waals surface area contributed by atoms with Crippen LogP contribution in [0.15, 0.2) is 152 Å². The molecule has 0 radical (unpaired) electrons. The van der Waals surface area contributed by atoms with Gasteiger partial charge in [0.2, 0.25) is 0 Å². The summed E-state index contributed by atoms with van der Waals surface area (Å²) in [6.45, 7) is 24.9. The minimum absolute atomic E-state index is 0.00182. The lowest BCUT2D eigenvalue weighted by molar-refractivity contribution is 0.335. The molecule has 0 bridgehead atoms. The Balaban J connectivity index is 1.23. The molecule has 0 fully saturated rings. The zero-order chi connectivity index (χ0) is 50.6. The van der Waals surface area contributed by atoms with Gasteiger partial charge in [0.25, 0.3) is 6.71 Å². The number of hydrogen-bond donors (Lipinski definition) is 0. The van der Waals surface area contributed by atoms with Crippen LogP contribution in [0.3, 0.4) is 0 Å². The number of rotatable bonds is 8. The predicted molar refractivity (Wildman–Crippen MR) is 315 cm³/mol. The monoisotopic (exact) mass is 959 g/mol. The third kappa shape index (κ3) is 5.20. The maximum atomic E-state index is 2.84. The van der Waals surface area contributed by atoms with Crippen LogP contribution in [0.5, 0.6) is 0 Å². The van der Waals surface area contributed by atoms with Gasteiger partial charge in [0.15, 0.2) is 0 Å². The molecule has 8 aromatic carbocycles. The lowest BCUT2D eigenvalue weighted by Gasteiger charge is -2.46. The maximum absolute atomic E-state index is 2.84.